The van der Waals surface area contributed by atoms with E-state index in [0.717, 1.165) is 5.56 Å². The molecule has 22 heavy (non-hydrogen) atoms. The molecule has 0 bridgehead atoms. The van der Waals surface area contributed by atoms with Crippen molar-refractivity contribution in [2.24, 2.45) is 0 Å². The van der Waals surface area contributed by atoms with Gasteiger partial charge < -0.3 is 10.1 Å². The van der Waals surface area contributed by atoms with Gasteiger partial charge in [0.1, 0.15) is 23.7 Å². The van der Waals surface area contributed by atoms with Crippen LogP contribution in [-0.4, -0.2) is 11.1 Å². The molecule has 1 heterocycles. The second-order valence-corrected chi connectivity index (χ2v) is 4.66. The summed E-state index contributed by atoms with van der Waals surface area (Å²) in [5.41, 5.74) is 1.49. The third-order valence-corrected chi connectivity index (χ3v) is 3.08. The van der Waals surface area contributed by atoms with E-state index < -0.39 is 6.10 Å². The molecule has 1 unspecified atom stereocenters. The molecule has 0 radical (unpaired) electrons. The molecular formula is C17H16N4O. The molecule has 0 aliphatic rings. The van der Waals surface area contributed by atoms with Crippen molar-refractivity contribution in [2.45, 2.75) is 26.0 Å². The molecule has 0 aliphatic heterocycles. The van der Waals surface area contributed by atoms with Gasteiger partial charge in [-0.15, -0.1) is 0 Å². The minimum Gasteiger partial charge on any atom is -0.476 e. The summed E-state index contributed by atoms with van der Waals surface area (Å²) >= 11 is 0. The highest BCUT2D eigenvalue weighted by molar-refractivity contribution is 5.51. The highest BCUT2D eigenvalue weighted by atomic mass is 16.5. The molecule has 5 heteroatoms. The smallest absolute Gasteiger partial charge is 0.184 e. The number of nitrogens with one attached hydrogen (secondary N) is 1. The minimum absolute atomic E-state index is 0.441. The summed E-state index contributed by atoms with van der Waals surface area (Å²) in [6, 6.07) is 15.2. The predicted octanol–water partition coefficient (Wildman–Crippen LogP) is 3.25. The van der Waals surface area contributed by atoms with E-state index in [1.807, 2.05) is 31.2 Å². The Labute approximate surface area is 129 Å². The Hall–Kier alpha value is -3.05. The predicted molar refractivity (Wildman–Crippen MR) is 83.0 cm³/mol. The summed E-state index contributed by atoms with van der Waals surface area (Å²) in [6.45, 7) is 2.43. The van der Waals surface area contributed by atoms with Crippen molar-refractivity contribution in [3.05, 3.63) is 53.7 Å². The van der Waals surface area contributed by atoms with Gasteiger partial charge in [0.25, 0.3) is 0 Å². The second kappa shape index (κ2) is 7.66. The number of hydrogen-bond acceptors (Lipinski definition) is 5. The van der Waals surface area contributed by atoms with Crippen LogP contribution in [0.15, 0.2) is 42.6 Å². The van der Waals surface area contributed by atoms with Crippen molar-refractivity contribution < 1.29 is 4.74 Å². The molecule has 0 amide bonds. The third kappa shape index (κ3) is 3.97. The lowest BCUT2D eigenvalue weighted by Gasteiger charge is -2.12. The SMILES string of the molecule is CCC(C#N)Oc1cccc(CNc2ncccc2C#N)c1. The molecular weight excluding hydrogens is 276 g/mol. The van der Waals surface area contributed by atoms with Crippen LogP contribution in [0.1, 0.15) is 24.5 Å². The zero-order valence-electron chi connectivity index (χ0n) is 12.3. The van der Waals surface area contributed by atoms with E-state index in [0.29, 0.717) is 30.1 Å². The zero-order chi connectivity index (χ0) is 15.8. The molecule has 1 aromatic carbocycles. The molecule has 0 fully saturated rings. The molecule has 2 aromatic rings. The van der Waals surface area contributed by atoms with E-state index in [1.165, 1.54) is 0 Å². The first kappa shape index (κ1) is 15.3. The van der Waals surface area contributed by atoms with Crippen LogP contribution in [-0.2, 0) is 6.54 Å². The standard InChI is InChI=1S/C17H16N4O/c1-2-15(11-19)22-16-7-3-5-13(9-16)12-21-17-14(10-18)6-4-8-20-17/h3-9,15H,2,12H2,1H3,(H,20,21). The Morgan fingerprint density at radius 1 is 1.27 bits per heavy atom. The van der Waals surface area contributed by atoms with Crippen molar-refractivity contribution >= 4 is 5.82 Å². The highest BCUT2D eigenvalue weighted by Gasteiger charge is 2.07. The summed E-state index contributed by atoms with van der Waals surface area (Å²) in [5, 5.41) is 21.1. The summed E-state index contributed by atoms with van der Waals surface area (Å²) < 4.78 is 5.59. The van der Waals surface area contributed by atoms with Gasteiger partial charge in [0.05, 0.1) is 5.56 Å². The van der Waals surface area contributed by atoms with E-state index in [2.05, 4.69) is 22.4 Å². The van der Waals surface area contributed by atoms with Gasteiger partial charge in [0.2, 0.25) is 0 Å². The van der Waals surface area contributed by atoms with Gasteiger partial charge in [0, 0.05) is 12.7 Å². The molecule has 0 saturated heterocycles. The van der Waals surface area contributed by atoms with E-state index in [9.17, 15) is 0 Å². The van der Waals surface area contributed by atoms with Crippen LogP contribution in [0.3, 0.4) is 0 Å². The van der Waals surface area contributed by atoms with Crippen molar-refractivity contribution in [1.82, 2.24) is 4.98 Å². The van der Waals surface area contributed by atoms with E-state index in [4.69, 9.17) is 15.3 Å². The molecule has 5 nitrogen and oxygen atoms in total. The number of rotatable bonds is 6. The van der Waals surface area contributed by atoms with Crippen molar-refractivity contribution in [3.63, 3.8) is 0 Å². The lowest BCUT2D eigenvalue weighted by atomic mass is 10.2. The largest absolute Gasteiger partial charge is 0.476 e. The Balaban J connectivity index is 2.05. The van der Waals surface area contributed by atoms with E-state index >= 15 is 0 Å². The number of aromatic nitrogens is 1. The Morgan fingerprint density at radius 2 is 2.14 bits per heavy atom. The lowest BCUT2D eigenvalue weighted by Crippen LogP contribution is -2.12. The van der Waals surface area contributed by atoms with Gasteiger partial charge in [-0.2, -0.15) is 10.5 Å². The maximum absolute atomic E-state index is 9.03. The maximum atomic E-state index is 9.03. The van der Waals surface area contributed by atoms with Crippen LogP contribution in [0.2, 0.25) is 0 Å². The Kier molecular flexibility index (Phi) is 5.34. The van der Waals surface area contributed by atoms with Crippen molar-refractivity contribution in [3.8, 4) is 17.9 Å². The number of pyridine rings is 1. The van der Waals surface area contributed by atoms with Crippen LogP contribution >= 0.6 is 0 Å². The number of nitriles is 2. The molecule has 2 rings (SSSR count). The monoisotopic (exact) mass is 292 g/mol. The second-order valence-electron chi connectivity index (χ2n) is 4.66. The summed E-state index contributed by atoms with van der Waals surface area (Å²) in [6.07, 6.45) is 1.84. The van der Waals surface area contributed by atoms with Crippen molar-refractivity contribution in [2.75, 3.05) is 5.32 Å². The summed E-state index contributed by atoms with van der Waals surface area (Å²) in [5.74, 6) is 1.22. The zero-order valence-corrected chi connectivity index (χ0v) is 12.3. The van der Waals surface area contributed by atoms with Gasteiger partial charge in [-0.1, -0.05) is 19.1 Å². The fourth-order valence-electron chi connectivity index (χ4n) is 1.92. The topological polar surface area (TPSA) is 81.7 Å². The quantitative estimate of drug-likeness (QED) is 0.883. The van der Waals surface area contributed by atoms with Crippen LogP contribution < -0.4 is 10.1 Å². The van der Waals surface area contributed by atoms with Gasteiger partial charge in [-0.3, -0.25) is 0 Å². The molecule has 0 aliphatic carbocycles. The molecule has 110 valence electrons. The van der Waals surface area contributed by atoms with Gasteiger partial charge in [-0.25, -0.2) is 4.98 Å². The Bertz CT molecular complexity index is 715. The Morgan fingerprint density at radius 3 is 2.86 bits per heavy atom. The van der Waals surface area contributed by atoms with Crippen LogP contribution in [0.4, 0.5) is 5.82 Å². The molecule has 1 aromatic heterocycles. The maximum Gasteiger partial charge on any atom is 0.184 e. The van der Waals surface area contributed by atoms with Gasteiger partial charge in [0.15, 0.2) is 6.10 Å². The first-order chi connectivity index (χ1) is 10.8. The normalized spacial score (nSPS) is 11.0. The third-order valence-electron chi connectivity index (χ3n) is 3.08. The van der Waals surface area contributed by atoms with Gasteiger partial charge in [-0.05, 0) is 36.2 Å². The van der Waals surface area contributed by atoms with E-state index in [1.54, 1.807) is 18.3 Å². The molecule has 0 spiro atoms. The summed E-state index contributed by atoms with van der Waals surface area (Å²) in [7, 11) is 0. The minimum atomic E-state index is -0.441. The number of anilines is 1. The molecule has 0 saturated carbocycles. The van der Waals surface area contributed by atoms with Gasteiger partial charge >= 0.3 is 0 Å². The average molecular weight is 292 g/mol. The first-order valence-electron chi connectivity index (χ1n) is 7.01. The fraction of sp³-hybridized carbons (Fsp3) is 0.235. The molecule has 1 N–H and O–H groups in total. The van der Waals surface area contributed by atoms with Crippen LogP contribution in [0.25, 0.3) is 0 Å². The first-order valence-corrected chi connectivity index (χ1v) is 7.01. The number of hydrogen-bond donors (Lipinski definition) is 1. The lowest BCUT2D eigenvalue weighted by molar-refractivity contribution is 0.251. The number of nitrogens with zero attached hydrogens (tertiary/aromatic N) is 3. The number of benzene rings is 1. The summed E-state index contributed by atoms with van der Waals surface area (Å²) in [4.78, 5) is 4.15. The highest BCUT2D eigenvalue weighted by Crippen LogP contribution is 2.17. The van der Waals surface area contributed by atoms with Crippen molar-refractivity contribution in [1.29, 1.82) is 10.5 Å². The fourth-order valence-corrected chi connectivity index (χ4v) is 1.92. The molecule has 1 atom stereocenters. The van der Waals surface area contributed by atoms with Crippen LogP contribution in [0, 0.1) is 22.7 Å². The van der Waals surface area contributed by atoms with Crippen LogP contribution in [0.5, 0.6) is 5.75 Å². The van der Waals surface area contributed by atoms with E-state index in [-0.39, 0.29) is 0 Å². The number of ether oxygens (including phenoxy) is 1. The average Bonchev–Trinajstić information content (AvgIpc) is 2.58.